The molecule has 6 rings (SSSR count). The highest BCUT2D eigenvalue weighted by molar-refractivity contribution is 5.95. The van der Waals surface area contributed by atoms with Gasteiger partial charge in [-0.1, -0.05) is 24.3 Å². The number of carbonyl (C=O) groups excluding carboxylic acids is 2. The first kappa shape index (κ1) is 24.2. The number of rotatable bonds is 6. The summed E-state index contributed by atoms with van der Waals surface area (Å²) in [6.07, 6.45) is 8.84. The first-order valence-electron chi connectivity index (χ1n) is 13.8. The fourth-order valence-electron chi connectivity index (χ4n) is 6.01. The Balaban J connectivity index is 1.12. The Morgan fingerprint density at radius 1 is 0.919 bits per heavy atom. The average Bonchev–Trinajstić information content (AvgIpc) is 3.43. The van der Waals surface area contributed by atoms with Crippen LogP contribution < -0.4 is 5.01 Å². The number of hydrazone groups is 1. The molecule has 1 unspecified atom stereocenters. The van der Waals surface area contributed by atoms with Gasteiger partial charge in [0, 0.05) is 50.3 Å². The molecule has 3 aliphatic heterocycles. The lowest BCUT2D eigenvalue weighted by atomic mass is 9.84. The van der Waals surface area contributed by atoms with Crippen LogP contribution in [0.2, 0.25) is 0 Å². The minimum absolute atomic E-state index is 0.0893. The number of nitrogens with zero attached hydrogens (tertiary/aromatic N) is 4. The number of anilines is 1. The smallest absolute Gasteiger partial charge is 0.253 e. The highest BCUT2D eigenvalue weighted by Gasteiger charge is 2.41. The van der Waals surface area contributed by atoms with Crippen LogP contribution >= 0.6 is 0 Å². The van der Waals surface area contributed by atoms with Crippen LogP contribution in [-0.4, -0.2) is 70.8 Å². The van der Waals surface area contributed by atoms with Gasteiger partial charge in [0.15, 0.2) is 0 Å². The zero-order valence-electron chi connectivity index (χ0n) is 21.4. The summed E-state index contributed by atoms with van der Waals surface area (Å²) in [5.41, 5.74) is 3.10. The minimum Gasteiger partial charge on any atom is -0.390 e. The van der Waals surface area contributed by atoms with E-state index in [-0.39, 0.29) is 23.8 Å². The number of hydrogen-bond donors (Lipinski definition) is 1. The number of aliphatic hydroxyl groups is 1. The summed E-state index contributed by atoms with van der Waals surface area (Å²) < 4.78 is 0. The summed E-state index contributed by atoms with van der Waals surface area (Å²) in [7, 11) is 0. The highest BCUT2D eigenvalue weighted by Crippen LogP contribution is 2.37. The van der Waals surface area contributed by atoms with Gasteiger partial charge in [-0.2, -0.15) is 5.10 Å². The number of benzene rings is 2. The first-order chi connectivity index (χ1) is 18.0. The van der Waals surface area contributed by atoms with Gasteiger partial charge in [0.25, 0.3) is 5.91 Å². The topological polar surface area (TPSA) is 76.5 Å². The number of carbonyl (C=O) groups is 2. The average molecular weight is 501 g/mol. The summed E-state index contributed by atoms with van der Waals surface area (Å²) in [4.78, 5) is 29.0. The highest BCUT2D eigenvalue weighted by atomic mass is 16.3. The number of amides is 2. The van der Waals surface area contributed by atoms with E-state index in [1.54, 1.807) is 0 Å². The molecule has 0 bridgehead atoms. The third-order valence-corrected chi connectivity index (χ3v) is 8.45. The van der Waals surface area contributed by atoms with Crippen molar-refractivity contribution in [1.29, 1.82) is 0 Å². The van der Waals surface area contributed by atoms with Crippen molar-refractivity contribution in [2.24, 2.45) is 11.0 Å². The van der Waals surface area contributed by atoms with Crippen LogP contribution in [0.25, 0.3) is 11.1 Å². The maximum absolute atomic E-state index is 12.7. The summed E-state index contributed by atoms with van der Waals surface area (Å²) in [6, 6.07) is 16.3. The fourth-order valence-corrected chi connectivity index (χ4v) is 6.01. The van der Waals surface area contributed by atoms with E-state index in [4.69, 9.17) is 0 Å². The molecule has 37 heavy (non-hydrogen) atoms. The Bertz CT molecular complexity index is 1180. The van der Waals surface area contributed by atoms with Crippen LogP contribution in [0.4, 0.5) is 5.69 Å². The van der Waals surface area contributed by atoms with Gasteiger partial charge in [0.1, 0.15) is 0 Å². The third-order valence-electron chi connectivity index (χ3n) is 8.45. The molecule has 1 saturated carbocycles. The van der Waals surface area contributed by atoms with Crippen molar-refractivity contribution in [2.45, 2.75) is 63.0 Å². The summed E-state index contributed by atoms with van der Waals surface area (Å²) in [5.74, 6) is 0.629. The summed E-state index contributed by atoms with van der Waals surface area (Å²) in [5, 5.41) is 18.1. The van der Waals surface area contributed by atoms with Crippen molar-refractivity contribution in [1.82, 2.24) is 9.80 Å². The zero-order chi connectivity index (χ0) is 25.4. The van der Waals surface area contributed by atoms with Crippen molar-refractivity contribution in [3.05, 3.63) is 54.1 Å². The Kier molecular flexibility index (Phi) is 6.49. The maximum atomic E-state index is 12.7. The third kappa shape index (κ3) is 5.14. The molecule has 0 radical (unpaired) electrons. The van der Waals surface area contributed by atoms with E-state index < -0.39 is 5.60 Å². The van der Waals surface area contributed by atoms with Crippen molar-refractivity contribution in [3.63, 3.8) is 0 Å². The second-order valence-electron chi connectivity index (χ2n) is 11.2. The second kappa shape index (κ2) is 9.93. The van der Waals surface area contributed by atoms with Gasteiger partial charge >= 0.3 is 0 Å². The predicted octanol–water partition coefficient (Wildman–Crippen LogP) is 4.31. The monoisotopic (exact) mass is 500 g/mol. The molecule has 1 aliphatic carbocycles. The molecular weight excluding hydrogens is 464 g/mol. The summed E-state index contributed by atoms with van der Waals surface area (Å²) >= 11 is 0. The SMILES string of the molecule is O=C(c1ccc(-c2cccc(N3N=CCC3CC3(O)CCN(C(=O)C4CC4)CC3)c2)cc1)N1CCCC1. The number of piperidine rings is 1. The Morgan fingerprint density at radius 3 is 2.35 bits per heavy atom. The van der Waals surface area contributed by atoms with Crippen LogP contribution in [0.3, 0.4) is 0 Å². The number of hydrogen-bond acceptors (Lipinski definition) is 5. The van der Waals surface area contributed by atoms with Gasteiger partial charge in [0.2, 0.25) is 5.91 Å². The lowest BCUT2D eigenvalue weighted by molar-refractivity contribution is -0.137. The van der Waals surface area contributed by atoms with Gasteiger partial charge in [0.05, 0.1) is 17.3 Å². The Hall–Kier alpha value is -3.19. The molecule has 1 N–H and O–H groups in total. The van der Waals surface area contributed by atoms with Gasteiger partial charge < -0.3 is 14.9 Å². The molecule has 2 saturated heterocycles. The fraction of sp³-hybridized carbons (Fsp3) is 0.500. The molecular formula is C30H36N4O3. The molecule has 2 amide bonds. The molecule has 4 aliphatic rings. The Morgan fingerprint density at radius 2 is 1.65 bits per heavy atom. The molecule has 2 aromatic rings. The van der Waals surface area contributed by atoms with E-state index in [1.807, 2.05) is 51.4 Å². The van der Waals surface area contributed by atoms with Crippen LogP contribution in [0.15, 0.2) is 53.6 Å². The maximum Gasteiger partial charge on any atom is 0.253 e. The molecule has 7 heteroatoms. The Labute approximate surface area is 218 Å². The molecule has 7 nitrogen and oxygen atoms in total. The van der Waals surface area contributed by atoms with Gasteiger partial charge in [-0.05, 0) is 80.3 Å². The standard InChI is InChI=1S/C30H36N4O3/c35-28(32-16-1-2-17-32)23-8-6-22(7-9-23)25-4-3-5-26(20-25)34-27(12-15-31-34)21-30(37)13-18-33(19-14-30)29(36)24-10-11-24/h3-9,15,20,24,27,37H,1-2,10-14,16-19,21H2. The normalized spacial score (nSPS) is 23.1. The van der Waals surface area contributed by atoms with Gasteiger partial charge in [-0.15, -0.1) is 0 Å². The van der Waals surface area contributed by atoms with Crippen LogP contribution in [0, 0.1) is 5.92 Å². The molecule has 0 aromatic heterocycles. The van der Waals surface area contributed by atoms with Crippen molar-refractivity contribution in [2.75, 3.05) is 31.2 Å². The molecule has 2 aromatic carbocycles. The van der Waals surface area contributed by atoms with Crippen LogP contribution in [0.5, 0.6) is 0 Å². The lowest BCUT2D eigenvalue weighted by Gasteiger charge is -2.40. The molecule has 0 spiro atoms. The molecule has 1 atom stereocenters. The second-order valence-corrected chi connectivity index (χ2v) is 11.2. The largest absolute Gasteiger partial charge is 0.390 e. The predicted molar refractivity (Wildman–Crippen MR) is 144 cm³/mol. The van der Waals surface area contributed by atoms with E-state index in [0.29, 0.717) is 32.4 Å². The van der Waals surface area contributed by atoms with E-state index in [9.17, 15) is 14.7 Å². The van der Waals surface area contributed by atoms with Gasteiger partial charge in [-0.3, -0.25) is 14.6 Å². The first-order valence-corrected chi connectivity index (χ1v) is 13.8. The molecule has 194 valence electrons. The van der Waals surface area contributed by atoms with E-state index >= 15 is 0 Å². The van der Waals surface area contributed by atoms with Crippen molar-refractivity contribution >= 4 is 23.7 Å². The van der Waals surface area contributed by atoms with E-state index in [1.165, 1.54) is 0 Å². The molecule has 3 fully saturated rings. The van der Waals surface area contributed by atoms with Crippen LogP contribution in [-0.2, 0) is 4.79 Å². The number of likely N-dealkylation sites (tertiary alicyclic amines) is 2. The van der Waals surface area contributed by atoms with E-state index in [2.05, 4.69) is 23.3 Å². The van der Waals surface area contributed by atoms with Gasteiger partial charge in [-0.25, -0.2) is 0 Å². The quantitative estimate of drug-likeness (QED) is 0.641. The minimum atomic E-state index is -0.772. The molecule has 3 heterocycles. The van der Waals surface area contributed by atoms with Crippen LogP contribution in [0.1, 0.15) is 61.7 Å². The lowest BCUT2D eigenvalue weighted by Crippen LogP contribution is -2.49. The van der Waals surface area contributed by atoms with Crippen molar-refractivity contribution in [3.8, 4) is 11.1 Å². The van der Waals surface area contributed by atoms with Crippen molar-refractivity contribution < 1.29 is 14.7 Å². The van der Waals surface area contributed by atoms with E-state index in [0.717, 1.165) is 67.6 Å². The summed E-state index contributed by atoms with van der Waals surface area (Å²) in [6.45, 7) is 2.99. The zero-order valence-corrected chi connectivity index (χ0v) is 21.4.